The molecule has 0 N–H and O–H groups in total. The van der Waals surface area contributed by atoms with Crippen molar-refractivity contribution in [3.63, 3.8) is 0 Å². The Morgan fingerprint density at radius 3 is 2.26 bits per heavy atom. The Labute approximate surface area is 181 Å². The highest BCUT2D eigenvalue weighted by atomic mass is 19.4. The predicted octanol–water partition coefficient (Wildman–Crippen LogP) is 6.39. The molecule has 4 nitrogen and oxygen atoms in total. The van der Waals surface area contributed by atoms with Crippen molar-refractivity contribution in [2.75, 3.05) is 13.7 Å². The maximum absolute atomic E-state index is 12.9. The van der Waals surface area contributed by atoms with E-state index in [4.69, 9.17) is 0 Å². The van der Waals surface area contributed by atoms with Crippen LogP contribution >= 0.6 is 0 Å². The number of methoxy groups -OCH3 is 1. The lowest BCUT2D eigenvalue weighted by Gasteiger charge is -2.19. The fourth-order valence-electron chi connectivity index (χ4n) is 3.17. The average molecular weight is 438 g/mol. The van der Waals surface area contributed by atoms with Crippen LogP contribution in [0.25, 0.3) is 11.3 Å². The van der Waals surface area contributed by atoms with Crippen LogP contribution in [0.4, 0.5) is 13.2 Å². The van der Waals surface area contributed by atoms with Crippen LogP contribution in [0.15, 0.2) is 42.6 Å². The van der Waals surface area contributed by atoms with Crippen LogP contribution in [0.5, 0.6) is 0 Å². The molecule has 1 atom stereocenters. The van der Waals surface area contributed by atoms with Gasteiger partial charge in [-0.3, -0.25) is 4.98 Å². The number of alkyl halides is 3. The van der Waals surface area contributed by atoms with Gasteiger partial charge in [0.05, 0.1) is 17.9 Å². The third-order valence-electron chi connectivity index (χ3n) is 4.99. The number of nitrogens with zero attached hydrogens (tertiary/aromatic N) is 1. The largest absolute Gasteiger partial charge is 0.447 e. The molecular formula is C24H30F3NO3. The molecule has 1 aromatic heterocycles. The van der Waals surface area contributed by atoms with E-state index in [1.807, 2.05) is 18.3 Å². The highest BCUT2D eigenvalue weighted by molar-refractivity contribution is 5.90. The van der Waals surface area contributed by atoms with Gasteiger partial charge in [0.15, 0.2) is 0 Å². The first-order valence-electron chi connectivity index (χ1n) is 10.7. The van der Waals surface area contributed by atoms with Gasteiger partial charge >= 0.3 is 12.1 Å². The molecule has 0 aliphatic carbocycles. The van der Waals surface area contributed by atoms with Crippen molar-refractivity contribution in [3.05, 3.63) is 53.7 Å². The smallest absolute Gasteiger partial charge is 0.427 e. The Bertz CT molecular complexity index is 789. The predicted molar refractivity (Wildman–Crippen MR) is 114 cm³/mol. The highest BCUT2D eigenvalue weighted by Gasteiger charge is 2.43. The second kappa shape index (κ2) is 12.4. The van der Waals surface area contributed by atoms with Crippen LogP contribution in [0, 0.1) is 0 Å². The lowest BCUT2D eigenvalue weighted by molar-refractivity contribution is -0.215. The van der Waals surface area contributed by atoms with Gasteiger partial charge in [0.1, 0.15) is 0 Å². The summed E-state index contributed by atoms with van der Waals surface area (Å²) >= 11 is 0. The number of esters is 1. The molecule has 0 saturated heterocycles. The molecule has 1 unspecified atom stereocenters. The van der Waals surface area contributed by atoms with Crippen LogP contribution < -0.4 is 0 Å². The number of aromatic nitrogens is 1. The number of ether oxygens (including phenoxy) is 2. The van der Waals surface area contributed by atoms with E-state index in [-0.39, 0.29) is 5.56 Å². The summed E-state index contributed by atoms with van der Waals surface area (Å²) in [6, 6.07) is 10.1. The molecule has 7 heteroatoms. The third kappa shape index (κ3) is 8.32. The van der Waals surface area contributed by atoms with Crippen molar-refractivity contribution in [3.8, 4) is 11.3 Å². The lowest BCUT2D eigenvalue weighted by Crippen LogP contribution is -2.37. The van der Waals surface area contributed by atoms with E-state index in [9.17, 15) is 18.0 Å². The van der Waals surface area contributed by atoms with Crippen LogP contribution in [0.1, 0.15) is 61.4 Å². The number of carbonyl (C=O) groups is 1. The second-order valence-corrected chi connectivity index (χ2v) is 7.54. The molecule has 1 heterocycles. The molecule has 2 rings (SSSR count). The minimum absolute atomic E-state index is 0.0359. The van der Waals surface area contributed by atoms with Gasteiger partial charge in [-0.05, 0) is 36.6 Å². The van der Waals surface area contributed by atoms with Crippen LogP contribution in [0.2, 0.25) is 0 Å². The Hall–Kier alpha value is -2.41. The van der Waals surface area contributed by atoms with Gasteiger partial charge in [-0.2, -0.15) is 13.2 Å². The number of hydrogen-bond donors (Lipinski definition) is 0. The summed E-state index contributed by atoms with van der Waals surface area (Å²) in [7, 11) is 1.12. The van der Waals surface area contributed by atoms with Crippen molar-refractivity contribution in [1.29, 1.82) is 0 Å². The molecule has 0 aliphatic heterocycles. The van der Waals surface area contributed by atoms with E-state index in [1.165, 1.54) is 49.8 Å². The quantitative estimate of drug-likeness (QED) is 0.285. The molecule has 0 spiro atoms. The Morgan fingerprint density at radius 1 is 1.00 bits per heavy atom. The molecule has 0 amide bonds. The SMILES string of the molecule is CCCCCCCCc1ccc(-c2ccc(C(=O)OC(COC)C(F)(F)F)cc2)nc1. The molecule has 0 fully saturated rings. The lowest BCUT2D eigenvalue weighted by atomic mass is 10.0. The first-order valence-corrected chi connectivity index (χ1v) is 10.7. The number of hydrogen-bond acceptors (Lipinski definition) is 4. The van der Waals surface area contributed by atoms with Crippen LogP contribution in [0.3, 0.4) is 0 Å². The molecule has 1 aromatic carbocycles. The maximum Gasteiger partial charge on any atom is 0.427 e. The monoisotopic (exact) mass is 437 g/mol. The number of carbonyl (C=O) groups excluding carboxylic acids is 1. The van der Waals surface area contributed by atoms with Crippen molar-refractivity contribution in [2.45, 2.75) is 64.1 Å². The minimum Gasteiger partial charge on any atom is -0.447 e. The Morgan fingerprint density at radius 2 is 1.68 bits per heavy atom. The average Bonchev–Trinajstić information content (AvgIpc) is 2.76. The summed E-state index contributed by atoms with van der Waals surface area (Å²) in [4.78, 5) is 16.5. The van der Waals surface area contributed by atoms with Crippen LogP contribution in [-0.2, 0) is 15.9 Å². The first kappa shape index (κ1) is 24.9. The number of benzene rings is 1. The standard InChI is InChI=1S/C24H30F3NO3/c1-3-4-5-6-7-8-9-18-10-15-21(28-16-18)19-11-13-20(14-12-19)23(29)31-22(17-30-2)24(25,26)27/h10-16,22H,3-9,17H2,1-2H3. The molecule has 2 aromatic rings. The van der Waals surface area contributed by atoms with Gasteiger partial charge in [-0.15, -0.1) is 0 Å². The second-order valence-electron chi connectivity index (χ2n) is 7.54. The zero-order valence-electron chi connectivity index (χ0n) is 18.1. The minimum atomic E-state index is -4.69. The fourth-order valence-corrected chi connectivity index (χ4v) is 3.17. The Balaban J connectivity index is 1.91. The first-order chi connectivity index (χ1) is 14.8. The van der Waals surface area contributed by atoms with E-state index >= 15 is 0 Å². The van der Waals surface area contributed by atoms with E-state index < -0.39 is 24.9 Å². The van der Waals surface area contributed by atoms with Gasteiger partial charge in [0.2, 0.25) is 6.10 Å². The number of rotatable bonds is 12. The summed E-state index contributed by atoms with van der Waals surface area (Å²) in [6.07, 6.45) is 3.32. The Kier molecular flexibility index (Phi) is 9.98. The number of pyridine rings is 1. The highest BCUT2D eigenvalue weighted by Crippen LogP contribution is 2.25. The van der Waals surface area contributed by atoms with Gasteiger partial charge in [-0.25, -0.2) is 4.79 Å². The number of aryl methyl sites for hydroxylation is 1. The van der Waals surface area contributed by atoms with Crippen molar-refractivity contribution in [2.24, 2.45) is 0 Å². The van der Waals surface area contributed by atoms with E-state index in [2.05, 4.69) is 21.4 Å². The summed E-state index contributed by atoms with van der Waals surface area (Å²) < 4.78 is 47.7. The van der Waals surface area contributed by atoms with Crippen LogP contribution in [-0.4, -0.2) is 37.0 Å². The van der Waals surface area contributed by atoms with E-state index in [1.54, 1.807) is 12.1 Å². The van der Waals surface area contributed by atoms with Gasteiger partial charge < -0.3 is 9.47 Å². The zero-order valence-corrected chi connectivity index (χ0v) is 18.1. The summed E-state index contributed by atoms with van der Waals surface area (Å²) in [6.45, 7) is 1.46. The van der Waals surface area contributed by atoms with Gasteiger partial charge in [-0.1, -0.05) is 57.2 Å². The molecular weight excluding hydrogens is 407 g/mol. The summed E-state index contributed by atoms with van der Waals surface area (Å²) in [5.74, 6) is -1.05. The topological polar surface area (TPSA) is 48.4 Å². The zero-order chi connectivity index (χ0) is 22.7. The molecule has 31 heavy (non-hydrogen) atoms. The normalized spacial score (nSPS) is 12.5. The fraction of sp³-hybridized carbons (Fsp3) is 0.500. The number of halogens is 3. The summed E-state index contributed by atoms with van der Waals surface area (Å²) in [5.41, 5.74) is 2.72. The molecule has 0 bridgehead atoms. The maximum atomic E-state index is 12.9. The van der Waals surface area contributed by atoms with Crippen molar-refractivity contribution < 1.29 is 27.4 Å². The van der Waals surface area contributed by atoms with E-state index in [0.29, 0.717) is 0 Å². The van der Waals surface area contributed by atoms with E-state index in [0.717, 1.165) is 31.2 Å². The summed E-state index contributed by atoms with van der Waals surface area (Å²) in [5, 5.41) is 0. The van der Waals surface area contributed by atoms with Crippen molar-refractivity contribution in [1.82, 2.24) is 4.98 Å². The number of unbranched alkanes of at least 4 members (excludes halogenated alkanes) is 5. The van der Waals surface area contributed by atoms with Gasteiger partial charge in [0, 0.05) is 18.9 Å². The molecule has 170 valence electrons. The third-order valence-corrected chi connectivity index (χ3v) is 4.99. The van der Waals surface area contributed by atoms with Crippen molar-refractivity contribution >= 4 is 5.97 Å². The molecule has 0 aliphatic rings. The van der Waals surface area contributed by atoms with Gasteiger partial charge in [0.25, 0.3) is 0 Å². The molecule has 0 radical (unpaired) electrons. The molecule has 0 saturated carbocycles.